The molecule has 0 fully saturated rings. The van der Waals surface area contributed by atoms with Gasteiger partial charge in [-0.15, -0.1) is 11.3 Å². The Hall–Kier alpha value is -1.52. The zero-order valence-electron chi connectivity index (χ0n) is 9.77. The van der Waals surface area contributed by atoms with E-state index in [1.165, 1.54) is 17.0 Å². The molecule has 1 aromatic heterocycles. The number of Topliss-reactive ketones (excluding diaryl/α,β-unsaturated/α-hetero) is 1. The lowest BCUT2D eigenvalue weighted by atomic mass is 10.1. The van der Waals surface area contributed by atoms with Crippen LogP contribution in [0.3, 0.4) is 0 Å². The topological polar surface area (TPSA) is 26.3 Å². The van der Waals surface area contributed by atoms with Crippen molar-refractivity contribution in [3.05, 3.63) is 58.0 Å². The molecule has 2 rings (SSSR count). The largest absolute Gasteiger partial charge is 0.373 e. The van der Waals surface area contributed by atoms with Crippen molar-refractivity contribution >= 4 is 17.1 Å². The van der Waals surface area contributed by atoms with Gasteiger partial charge in [0.05, 0.1) is 12.2 Å². The van der Waals surface area contributed by atoms with Crippen LogP contribution in [0.2, 0.25) is 0 Å². The quantitative estimate of drug-likeness (QED) is 0.591. The number of ether oxygens (including phenoxy) is 1. The fraction of sp³-hybridized carbons (Fsp3) is 0.214. The van der Waals surface area contributed by atoms with Crippen LogP contribution >= 0.6 is 11.3 Å². The van der Waals surface area contributed by atoms with Gasteiger partial charge in [0.25, 0.3) is 0 Å². The molecule has 1 aromatic carbocycles. The van der Waals surface area contributed by atoms with Crippen molar-refractivity contribution in [2.45, 2.75) is 6.42 Å². The standard InChI is InChI=1S/C14H13FO2S/c15-13-6-2-1-5-12(13)14(16)10-17-8-7-11-4-3-9-18-11/h1-6,9H,7-8,10H2. The number of ketones is 1. The van der Waals surface area contributed by atoms with E-state index in [0.717, 1.165) is 6.42 Å². The molecule has 4 heteroatoms. The molecule has 94 valence electrons. The fourth-order valence-electron chi connectivity index (χ4n) is 1.56. The molecule has 0 atom stereocenters. The first-order valence-corrected chi connectivity index (χ1v) is 6.53. The highest BCUT2D eigenvalue weighted by atomic mass is 32.1. The number of rotatable bonds is 6. The van der Waals surface area contributed by atoms with Crippen LogP contribution in [0, 0.1) is 5.82 Å². The van der Waals surface area contributed by atoms with Crippen LogP contribution in [-0.2, 0) is 11.2 Å². The number of hydrogen-bond acceptors (Lipinski definition) is 3. The predicted molar refractivity (Wildman–Crippen MR) is 69.6 cm³/mol. The number of halogens is 1. The van der Waals surface area contributed by atoms with Crippen molar-refractivity contribution < 1.29 is 13.9 Å². The lowest BCUT2D eigenvalue weighted by molar-refractivity contribution is 0.0762. The summed E-state index contributed by atoms with van der Waals surface area (Å²) in [4.78, 5) is 12.9. The SMILES string of the molecule is O=C(COCCc1cccs1)c1ccccc1F. The Morgan fingerprint density at radius 2 is 2.06 bits per heavy atom. The van der Waals surface area contributed by atoms with E-state index >= 15 is 0 Å². The summed E-state index contributed by atoms with van der Waals surface area (Å²) in [5, 5.41) is 2.00. The summed E-state index contributed by atoms with van der Waals surface area (Å²) in [5.74, 6) is -0.816. The first-order valence-electron chi connectivity index (χ1n) is 5.65. The molecule has 0 bridgehead atoms. The number of thiophene rings is 1. The highest BCUT2D eigenvalue weighted by molar-refractivity contribution is 7.09. The van der Waals surface area contributed by atoms with Crippen LogP contribution in [-0.4, -0.2) is 19.0 Å². The molecule has 0 aliphatic heterocycles. The molecule has 0 saturated heterocycles. The average Bonchev–Trinajstić information content (AvgIpc) is 2.88. The molecule has 0 unspecified atom stereocenters. The zero-order chi connectivity index (χ0) is 12.8. The Bertz CT molecular complexity index is 508. The predicted octanol–water partition coefficient (Wildman–Crippen LogP) is 3.33. The minimum atomic E-state index is -0.496. The molecule has 0 spiro atoms. The van der Waals surface area contributed by atoms with Crippen molar-refractivity contribution in [1.29, 1.82) is 0 Å². The Labute approximate surface area is 109 Å². The van der Waals surface area contributed by atoms with Gasteiger partial charge in [0, 0.05) is 11.3 Å². The van der Waals surface area contributed by atoms with Gasteiger partial charge in [-0.25, -0.2) is 4.39 Å². The molecule has 18 heavy (non-hydrogen) atoms. The van der Waals surface area contributed by atoms with Gasteiger partial charge < -0.3 is 4.74 Å². The van der Waals surface area contributed by atoms with Crippen molar-refractivity contribution in [3.8, 4) is 0 Å². The summed E-state index contributed by atoms with van der Waals surface area (Å²) in [7, 11) is 0. The van der Waals surface area contributed by atoms with Crippen LogP contribution < -0.4 is 0 Å². The lowest BCUT2D eigenvalue weighted by Crippen LogP contribution is -2.12. The molecule has 1 heterocycles. The summed E-state index contributed by atoms with van der Waals surface area (Å²) in [5.41, 5.74) is 0.0913. The van der Waals surface area contributed by atoms with E-state index in [4.69, 9.17) is 4.74 Å². The second-order valence-electron chi connectivity index (χ2n) is 3.78. The maximum absolute atomic E-state index is 13.3. The zero-order valence-corrected chi connectivity index (χ0v) is 10.6. The lowest BCUT2D eigenvalue weighted by Gasteiger charge is -2.03. The third-order valence-electron chi connectivity index (χ3n) is 2.48. The van der Waals surface area contributed by atoms with Gasteiger partial charge in [-0.3, -0.25) is 4.79 Å². The molecule has 0 aliphatic carbocycles. The maximum Gasteiger partial charge on any atom is 0.191 e. The molecule has 0 aliphatic rings. The highest BCUT2D eigenvalue weighted by Crippen LogP contribution is 2.10. The van der Waals surface area contributed by atoms with Gasteiger partial charge in [0.2, 0.25) is 0 Å². The summed E-state index contributed by atoms with van der Waals surface area (Å²) < 4.78 is 18.6. The van der Waals surface area contributed by atoms with Crippen molar-refractivity contribution in [2.75, 3.05) is 13.2 Å². The molecule has 0 N–H and O–H groups in total. The maximum atomic E-state index is 13.3. The first-order chi connectivity index (χ1) is 8.77. The minimum absolute atomic E-state index is 0.0771. The summed E-state index contributed by atoms with van der Waals surface area (Å²) in [6.07, 6.45) is 0.780. The average molecular weight is 264 g/mol. The van der Waals surface area contributed by atoms with E-state index in [1.807, 2.05) is 17.5 Å². The molecule has 2 aromatic rings. The Balaban J connectivity index is 1.77. The fourth-order valence-corrected chi connectivity index (χ4v) is 2.25. The summed E-state index contributed by atoms with van der Waals surface area (Å²) >= 11 is 1.66. The third kappa shape index (κ3) is 3.48. The normalized spacial score (nSPS) is 10.5. The van der Waals surface area contributed by atoms with Gasteiger partial charge >= 0.3 is 0 Å². The van der Waals surface area contributed by atoms with E-state index in [-0.39, 0.29) is 18.0 Å². The molecular weight excluding hydrogens is 251 g/mol. The van der Waals surface area contributed by atoms with Crippen molar-refractivity contribution in [3.63, 3.8) is 0 Å². The molecule has 2 nitrogen and oxygen atoms in total. The monoisotopic (exact) mass is 264 g/mol. The second kappa shape index (κ2) is 6.42. The molecular formula is C14H13FO2S. The number of benzene rings is 1. The van der Waals surface area contributed by atoms with Gasteiger partial charge in [-0.2, -0.15) is 0 Å². The highest BCUT2D eigenvalue weighted by Gasteiger charge is 2.10. The number of hydrogen-bond donors (Lipinski definition) is 0. The Kier molecular flexibility index (Phi) is 4.61. The minimum Gasteiger partial charge on any atom is -0.373 e. The van der Waals surface area contributed by atoms with Gasteiger partial charge in [-0.1, -0.05) is 18.2 Å². The van der Waals surface area contributed by atoms with Crippen LogP contribution in [0.1, 0.15) is 15.2 Å². The summed E-state index contributed by atoms with van der Waals surface area (Å²) in [6.45, 7) is 0.396. The van der Waals surface area contributed by atoms with Crippen molar-refractivity contribution in [2.24, 2.45) is 0 Å². The van der Waals surface area contributed by atoms with Crippen LogP contribution in [0.5, 0.6) is 0 Å². The van der Waals surface area contributed by atoms with E-state index in [1.54, 1.807) is 23.5 Å². The molecule has 0 saturated carbocycles. The number of carbonyl (C=O) groups excluding carboxylic acids is 1. The van der Waals surface area contributed by atoms with Gasteiger partial charge in [0.1, 0.15) is 12.4 Å². The molecule has 0 amide bonds. The van der Waals surface area contributed by atoms with Crippen molar-refractivity contribution in [1.82, 2.24) is 0 Å². The smallest absolute Gasteiger partial charge is 0.191 e. The van der Waals surface area contributed by atoms with E-state index in [0.29, 0.717) is 6.61 Å². The van der Waals surface area contributed by atoms with E-state index in [9.17, 15) is 9.18 Å². The Morgan fingerprint density at radius 1 is 1.22 bits per heavy atom. The third-order valence-corrected chi connectivity index (χ3v) is 3.42. The van der Waals surface area contributed by atoms with Crippen LogP contribution in [0.25, 0.3) is 0 Å². The van der Waals surface area contributed by atoms with Crippen LogP contribution in [0.15, 0.2) is 41.8 Å². The Morgan fingerprint density at radius 3 is 2.78 bits per heavy atom. The molecule has 0 radical (unpaired) electrons. The first kappa shape index (κ1) is 12.9. The summed E-state index contributed by atoms with van der Waals surface area (Å²) in [6, 6.07) is 9.95. The van der Waals surface area contributed by atoms with E-state index in [2.05, 4.69) is 0 Å². The van der Waals surface area contributed by atoms with Crippen LogP contribution in [0.4, 0.5) is 4.39 Å². The van der Waals surface area contributed by atoms with Gasteiger partial charge in [-0.05, 0) is 23.6 Å². The number of carbonyl (C=O) groups is 1. The van der Waals surface area contributed by atoms with E-state index < -0.39 is 5.82 Å². The van der Waals surface area contributed by atoms with Gasteiger partial charge in [0.15, 0.2) is 5.78 Å². The second-order valence-corrected chi connectivity index (χ2v) is 4.82.